The Morgan fingerprint density at radius 1 is 1.36 bits per heavy atom. The predicted molar refractivity (Wildman–Crippen MR) is 81.5 cm³/mol. The van der Waals surface area contributed by atoms with E-state index in [-0.39, 0.29) is 11.3 Å². The largest absolute Gasteiger partial charge is 0.508 e. The number of anilines is 1. The highest BCUT2D eigenvalue weighted by molar-refractivity contribution is 6.06. The summed E-state index contributed by atoms with van der Waals surface area (Å²) in [5, 5.41) is 23.8. The highest BCUT2D eigenvalue weighted by atomic mass is 16.3. The first-order valence-corrected chi connectivity index (χ1v) is 6.52. The third kappa shape index (κ3) is 4.35. The lowest BCUT2D eigenvalue weighted by Crippen LogP contribution is -2.16. The lowest BCUT2D eigenvalue weighted by Gasteiger charge is -2.05. The van der Waals surface area contributed by atoms with Crippen molar-refractivity contribution in [2.24, 2.45) is 0 Å². The van der Waals surface area contributed by atoms with Gasteiger partial charge in [-0.1, -0.05) is 12.1 Å². The average Bonchev–Trinajstić information content (AvgIpc) is 2.52. The van der Waals surface area contributed by atoms with Crippen LogP contribution >= 0.6 is 0 Å². The van der Waals surface area contributed by atoms with Gasteiger partial charge in [0.25, 0.3) is 5.91 Å². The summed E-state index contributed by atoms with van der Waals surface area (Å²) in [6, 6.07) is 11.6. The summed E-state index contributed by atoms with van der Waals surface area (Å²) in [6.45, 7) is 0.457. The molecule has 0 radical (unpaired) electrons. The molecule has 6 heteroatoms. The van der Waals surface area contributed by atoms with Gasteiger partial charge in [-0.25, -0.2) is 0 Å². The maximum absolute atomic E-state index is 12.0. The molecule has 0 saturated carbocycles. The molecule has 0 aliphatic heterocycles. The molecule has 22 heavy (non-hydrogen) atoms. The number of carbonyl (C=O) groups excluding carboxylic acids is 1. The van der Waals surface area contributed by atoms with Gasteiger partial charge in [0.2, 0.25) is 0 Å². The Hall–Kier alpha value is -3.33. The molecule has 0 aliphatic carbocycles. The zero-order valence-corrected chi connectivity index (χ0v) is 11.7. The van der Waals surface area contributed by atoms with Crippen molar-refractivity contribution in [3.05, 3.63) is 66.1 Å². The number of amides is 1. The van der Waals surface area contributed by atoms with E-state index in [0.29, 0.717) is 12.2 Å². The van der Waals surface area contributed by atoms with E-state index in [2.05, 4.69) is 15.6 Å². The summed E-state index contributed by atoms with van der Waals surface area (Å²) < 4.78 is 0. The van der Waals surface area contributed by atoms with Gasteiger partial charge in [0.15, 0.2) is 0 Å². The lowest BCUT2D eigenvalue weighted by atomic mass is 10.2. The number of nitriles is 1. The molecule has 1 aromatic carbocycles. The Bertz CT molecular complexity index is 720. The van der Waals surface area contributed by atoms with E-state index >= 15 is 0 Å². The molecule has 1 heterocycles. The van der Waals surface area contributed by atoms with E-state index in [1.54, 1.807) is 30.6 Å². The Balaban J connectivity index is 1.97. The first-order valence-electron chi connectivity index (χ1n) is 6.52. The van der Waals surface area contributed by atoms with Gasteiger partial charge in [-0.3, -0.25) is 9.78 Å². The number of benzene rings is 1. The summed E-state index contributed by atoms with van der Waals surface area (Å²) in [5.74, 6) is -0.512. The van der Waals surface area contributed by atoms with Crippen LogP contribution in [-0.2, 0) is 11.3 Å². The quantitative estimate of drug-likeness (QED) is 0.578. The van der Waals surface area contributed by atoms with Crippen LogP contribution in [0.5, 0.6) is 5.75 Å². The number of pyridine rings is 1. The molecule has 0 fully saturated rings. The van der Waals surface area contributed by atoms with E-state index in [1.807, 2.05) is 12.1 Å². The number of hydrogen-bond acceptors (Lipinski definition) is 5. The number of carbonyl (C=O) groups is 1. The molecule has 6 nitrogen and oxygen atoms in total. The normalized spacial score (nSPS) is 10.6. The van der Waals surface area contributed by atoms with E-state index < -0.39 is 5.91 Å². The highest BCUT2D eigenvalue weighted by Gasteiger charge is 2.09. The topological polar surface area (TPSA) is 98.0 Å². The van der Waals surface area contributed by atoms with Gasteiger partial charge >= 0.3 is 0 Å². The Kier molecular flexibility index (Phi) is 5.10. The van der Waals surface area contributed by atoms with Crippen molar-refractivity contribution in [2.75, 3.05) is 5.32 Å². The molecule has 2 aromatic rings. The zero-order chi connectivity index (χ0) is 15.8. The fourth-order valence-electron chi connectivity index (χ4n) is 1.70. The molecule has 0 atom stereocenters. The van der Waals surface area contributed by atoms with Gasteiger partial charge in [0, 0.05) is 36.9 Å². The van der Waals surface area contributed by atoms with Crippen LogP contribution in [0.2, 0.25) is 0 Å². The van der Waals surface area contributed by atoms with Crippen molar-refractivity contribution < 1.29 is 9.90 Å². The summed E-state index contributed by atoms with van der Waals surface area (Å²) in [5.41, 5.74) is 1.29. The minimum absolute atomic E-state index is 0.0370. The number of phenolic OH excluding ortho intramolecular Hbond substituents is 1. The Morgan fingerprint density at radius 2 is 2.23 bits per heavy atom. The smallest absolute Gasteiger partial charge is 0.267 e. The maximum atomic E-state index is 12.0. The van der Waals surface area contributed by atoms with Crippen LogP contribution in [0.3, 0.4) is 0 Å². The van der Waals surface area contributed by atoms with Crippen molar-refractivity contribution in [3.63, 3.8) is 0 Å². The molecular weight excluding hydrogens is 280 g/mol. The molecule has 1 aromatic heterocycles. The van der Waals surface area contributed by atoms with Crippen LogP contribution in [0.25, 0.3) is 0 Å². The van der Waals surface area contributed by atoms with E-state index in [4.69, 9.17) is 5.26 Å². The molecule has 3 N–H and O–H groups in total. The number of hydrogen-bond donors (Lipinski definition) is 3. The van der Waals surface area contributed by atoms with Gasteiger partial charge in [0.1, 0.15) is 17.4 Å². The molecule has 0 unspecified atom stereocenters. The first-order chi connectivity index (χ1) is 10.7. The van der Waals surface area contributed by atoms with Crippen molar-refractivity contribution >= 4 is 11.6 Å². The Labute approximate surface area is 127 Å². The molecule has 0 aliphatic rings. The van der Waals surface area contributed by atoms with Gasteiger partial charge in [0.05, 0.1) is 0 Å². The number of rotatable bonds is 5. The first kappa shape index (κ1) is 15.1. The second kappa shape index (κ2) is 7.45. The van der Waals surface area contributed by atoms with Crippen LogP contribution in [0.4, 0.5) is 5.69 Å². The second-order valence-electron chi connectivity index (χ2n) is 4.42. The van der Waals surface area contributed by atoms with Crippen LogP contribution in [-0.4, -0.2) is 16.0 Å². The number of phenols is 1. The maximum Gasteiger partial charge on any atom is 0.267 e. The van der Waals surface area contributed by atoms with Crippen LogP contribution in [0, 0.1) is 11.3 Å². The van der Waals surface area contributed by atoms with Crippen LogP contribution in [0.1, 0.15) is 5.56 Å². The van der Waals surface area contributed by atoms with E-state index in [1.165, 1.54) is 18.3 Å². The van der Waals surface area contributed by atoms with Gasteiger partial charge in [-0.15, -0.1) is 0 Å². The zero-order valence-electron chi connectivity index (χ0n) is 11.7. The fraction of sp³-hybridized carbons (Fsp3) is 0.0625. The third-order valence-corrected chi connectivity index (χ3v) is 2.74. The summed E-state index contributed by atoms with van der Waals surface area (Å²) in [7, 11) is 0. The average molecular weight is 294 g/mol. The molecule has 0 spiro atoms. The predicted octanol–water partition coefficient (Wildman–Crippen LogP) is 1.92. The summed E-state index contributed by atoms with van der Waals surface area (Å²) in [4.78, 5) is 15.9. The second-order valence-corrected chi connectivity index (χ2v) is 4.42. The third-order valence-electron chi connectivity index (χ3n) is 2.74. The number of aromatic hydroxyl groups is 1. The van der Waals surface area contributed by atoms with Crippen molar-refractivity contribution in [2.45, 2.75) is 6.54 Å². The van der Waals surface area contributed by atoms with Crippen LogP contribution in [0.15, 0.2) is 60.6 Å². The van der Waals surface area contributed by atoms with Gasteiger partial charge in [-0.05, 0) is 23.8 Å². The van der Waals surface area contributed by atoms with Crippen molar-refractivity contribution in [3.8, 4) is 11.8 Å². The monoisotopic (exact) mass is 294 g/mol. The molecule has 0 saturated heterocycles. The summed E-state index contributed by atoms with van der Waals surface area (Å²) >= 11 is 0. The number of nitrogens with zero attached hydrogens (tertiary/aromatic N) is 2. The van der Waals surface area contributed by atoms with Crippen molar-refractivity contribution in [1.29, 1.82) is 5.26 Å². The van der Waals surface area contributed by atoms with Gasteiger partial charge < -0.3 is 15.7 Å². The Morgan fingerprint density at radius 3 is 2.91 bits per heavy atom. The minimum atomic E-state index is -0.549. The number of nitrogens with one attached hydrogen (secondary N) is 2. The molecule has 110 valence electrons. The lowest BCUT2D eigenvalue weighted by molar-refractivity contribution is -0.112. The standard InChI is InChI=1S/C16H14N4O2/c17-8-13(11-19-10-12-3-2-6-18-9-12)16(22)20-14-4-1-5-15(21)7-14/h1-7,9,11,19,21H,10H2,(H,20,22)/b13-11-. The van der Waals surface area contributed by atoms with E-state index in [0.717, 1.165) is 5.56 Å². The van der Waals surface area contributed by atoms with E-state index in [9.17, 15) is 9.90 Å². The SMILES string of the molecule is N#C/C(=C/NCc1cccnc1)C(=O)Nc1cccc(O)c1. The molecule has 2 rings (SSSR count). The van der Waals surface area contributed by atoms with Gasteiger partial charge in [-0.2, -0.15) is 5.26 Å². The number of aromatic nitrogens is 1. The summed E-state index contributed by atoms with van der Waals surface area (Å²) in [6.07, 6.45) is 4.72. The minimum Gasteiger partial charge on any atom is -0.508 e. The molecule has 1 amide bonds. The van der Waals surface area contributed by atoms with Crippen LogP contribution < -0.4 is 10.6 Å². The fourth-order valence-corrected chi connectivity index (χ4v) is 1.70. The highest BCUT2D eigenvalue weighted by Crippen LogP contribution is 2.15. The van der Waals surface area contributed by atoms with Crippen molar-refractivity contribution in [1.82, 2.24) is 10.3 Å². The molecule has 0 bridgehead atoms. The molecular formula is C16H14N4O2.